The molecular formula is C10H22N2O2. The van der Waals surface area contributed by atoms with Crippen LogP contribution in [0.4, 0.5) is 0 Å². The molecule has 2 N–H and O–H groups in total. The minimum absolute atomic E-state index is 0.223. The Morgan fingerprint density at radius 2 is 2.29 bits per heavy atom. The Morgan fingerprint density at radius 3 is 3.00 bits per heavy atom. The number of ether oxygens (including phenoxy) is 1. The number of aliphatic hydroxyl groups excluding tert-OH is 1. The third-order valence-corrected chi connectivity index (χ3v) is 2.74. The first-order valence-corrected chi connectivity index (χ1v) is 5.45. The van der Waals surface area contributed by atoms with Gasteiger partial charge in [-0.25, -0.2) is 0 Å². The third-order valence-electron chi connectivity index (χ3n) is 2.74. The normalized spacial score (nSPS) is 21.9. The van der Waals surface area contributed by atoms with E-state index in [1.165, 1.54) is 0 Å². The topological polar surface area (TPSA) is 44.7 Å². The molecule has 14 heavy (non-hydrogen) atoms. The van der Waals surface area contributed by atoms with Crippen LogP contribution >= 0.6 is 0 Å². The van der Waals surface area contributed by atoms with Gasteiger partial charge in [-0.05, 0) is 26.4 Å². The Morgan fingerprint density at radius 1 is 1.43 bits per heavy atom. The van der Waals surface area contributed by atoms with Crippen LogP contribution < -0.4 is 5.32 Å². The second-order valence-corrected chi connectivity index (χ2v) is 3.76. The highest BCUT2D eigenvalue weighted by Gasteiger charge is 2.11. The molecule has 1 heterocycles. The summed E-state index contributed by atoms with van der Waals surface area (Å²) in [5.74, 6) is 0. The molecule has 0 aromatic carbocycles. The van der Waals surface area contributed by atoms with E-state index in [1.807, 2.05) is 7.05 Å². The van der Waals surface area contributed by atoms with Crippen molar-refractivity contribution in [2.75, 3.05) is 46.5 Å². The summed E-state index contributed by atoms with van der Waals surface area (Å²) in [5, 5.41) is 12.1. The second kappa shape index (κ2) is 7.17. The summed E-state index contributed by atoms with van der Waals surface area (Å²) >= 11 is 0. The van der Waals surface area contributed by atoms with E-state index >= 15 is 0 Å². The highest BCUT2D eigenvalue weighted by atomic mass is 16.5. The molecule has 4 nitrogen and oxygen atoms in total. The molecule has 84 valence electrons. The Balaban J connectivity index is 2.14. The van der Waals surface area contributed by atoms with Crippen LogP contribution in [0.1, 0.15) is 12.8 Å². The van der Waals surface area contributed by atoms with Crippen molar-refractivity contribution >= 4 is 0 Å². The van der Waals surface area contributed by atoms with Gasteiger partial charge in [0.05, 0.1) is 13.2 Å². The number of aliphatic hydroxyl groups is 1. The monoisotopic (exact) mass is 202 g/mol. The van der Waals surface area contributed by atoms with Crippen molar-refractivity contribution in [2.24, 2.45) is 0 Å². The summed E-state index contributed by atoms with van der Waals surface area (Å²) in [7, 11) is 1.90. The molecule has 1 atom stereocenters. The number of hydrogen-bond donors (Lipinski definition) is 2. The summed E-state index contributed by atoms with van der Waals surface area (Å²) in [4.78, 5) is 2.41. The predicted molar refractivity (Wildman–Crippen MR) is 56.4 cm³/mol. The average molecular weight is 202 g/mol. The van der Waals surface area contributed by atoms with E-state index in [9.17, 15) is 0 Å². The molecule has 1 fully saturated rings. The summed E-state index contributed by atoms with van der Waals surface area (Å²) in [6.07, 6.45) is 2.14. The van der Waals surface area contributed by atoms with Crippen LogP contribution in [0.2, 0.25) is 0 Å². The van der Waals surface area contributed by atoms with E-state index in [1.54, 1.807) is 0 Å². The molecule has 1 aliphatic heterocycles. The van der Waals surface area contributed by atoms with E-state index in [4.69, 9.17) is 9.84 Å². The lowest BCUT2D eigenvalue weighted by atomic mass is 10.2. The molecule has 1 aliphatic rings. The maximum Gasteiger partial charge on any atom is 0.0593 e. The van der Waals surface area contributed by atoms with Crippen molar-refractivity contribution in [1.82, 2.24) is 10.2 Å². The molecule has 0 spiro atoms. The third kappa shape index (κ3) is 4.37. The van der Waals surface area contributed by atoms with Crippen LogP contribution in [-0.4, -0.2) is 62.6 Å². The van der Waals surface area contributed by atoms with Gasteiger partial charge in [0.2, 0.25) is 0 Å². The fourth-order valence-corrected chi connectivity index (χ4v) is 1.69. The van der Waals surface area contributed by atoms with Gasteiger partial charge in [0, 0.05) is 25.7 Å². The molecule has 0 saturated carbocycles. The van der Waals surface area contributed by atoms with Gasteiger partial charge in [-0.1, -0.05) is 0 Å². The fourth-order valence-electron chi connectivity index (χ4n) is 1.69. The largest absolute Gasteiger partial charge is 0.395 e. The molecule has 0 amide bonds. The van der Waals surface area contributed by atoms with E-state index in [-0.39, 0.29) is 12.6 Å². The first-order chi connectivity index (χ1) is 6.86. The van der Waals surface area contributed by atoms with Crippen molar-refractivity contribution in [3.63, 3.8) is 0 Å². The van der Waals surface area contributed by atoms with Crippen molar-refractivity contribution in [3.8, 4) is 0 Å². The van der Waals surface area contributed by atoms with Crippen molar-refractivity contribution in [2.45, 2.75) is 18.9 Å². The van der Waals surface area contributed by atoms with E-state index in [0.717, 1.165) is 45.7 Å². The van der Waals surface area contributed by atoms with Crippen molar-refractivity contribution < 1.29 is 9.84 Å². The van der Waals surface area contributed by atoms with Gasteiger partial charge in [0.25, 0.3) is 0 Å². The van der Waals surface area contributed by atoms with Crippen LogP contribution in [-0.2, 0) is 4.74 Å². The molecule has 0 aliphatic carbocycles. The number of hydrogen-bond acceptors (Lipinski definition) is 4. The van der Waals surface area contributed by atoms with Crippen LogP contribution in [0.5, 0.6) is 0 Å². The quantitative estimate of drug-likeness (QED) is 0.641. The maximum atomic E-state index is 9.01. The molecule has 1 rings (SSSR count). The van der Waals surface area contributed by atoms with Crippen LogP contribution in [0.25, 0.3) is 0 Å². The highest BCUT2D eigenvalue weighted by Crippen LogP contribution is 2.01. The van der Waals surface area contributed by atoms with Gasteiger partial charge in [0.1, 0.15) is 0 Å². The predicted octanol–water partition coefficient (Wildman–Crippen LogP) is -0.321. The van der Waals surface area contributed by atoms with Gasteiger partial charge < -0.3 is 20.1 Å². The zero-order valence-electron chi connectivity index (χ0n) is 9.04. The standard InChI is InChI=1S/C10H22N2O2/c1-11-10(9-13)3-5-12-4-2-7-14-8-6-12/h10-11,13H,2-9H2,1H3. The lowest BCUT2D eigenvalue weighted by Crippen LogP contribution is -2.35. The Labute approximate surface area is 86.2 Å². The lowest BCUT2D eigenvalue weighted by Gasteiger charge is -2.21. The summed E-state index contributed by atoms with van der Waals surface area (Å²) in [6.45, 7) is 5.18. The summed E-state index contributed by atoms with van der Waals surface area (Å²) < 4.78 is 5.38. The minimum atomic E-state index is 0.223. The van der Waals surface area contributed by atoms with E-state index in [2.05, 4.69) is 10.2 Å². The van der Waals surface area contributed by atoms with Crippen LogP contribution in [0.3, 0.4) is 0 Å². The summed E-state index contributed by atoms with van der Waals surface area (Å²) in [5.41, 5.74) is 0. The molecular weight excluding hydrogens is 180 g/mol. The number of nitrogens with one attached hydrogen (secondary N) is 1. The zero-order chi connectivity index (χ0) is 10.2. The van der Waals surface area contributed by atoms with E-state index < -0.39 is 0 Å². The minimum Gasteiger partial charge on any atom is -0.395 e. The van der Waals surface area contributed by atoms with Gasteiger partial charge in [-0.3, -0.25) is 0 Å². The zero-order valence-corrected chi connectivity index (χ0v) is 9.04. The Kier molecular flexibility index (Phi) is 6.10. The van der Waals surface area contributed by atoms with Gasteiger partial charge >= 0.3 is 0 Å². The second-order valence-electron chi connectivity index (χ2n) is 3.76. The van der Waals surface area contributed by atoms with Crippen molar-refractivity contribution in [3.05, 3.63) is 0 Å². The molecule has 4 heteroatoms. The molecule has 0 radical (unpaired) electrons. The molecule has 0 aromatic rings. The Hall–Kier alpha value is -0.160. The molecule has 1 saturated heterocycles. The van der Waals surface area contributed by atoms with Crippen LogP contribution in [0, 0.1) is 0 Å². The summed E-state index contributed by atoms with van der Waals surface area (Å²) in [6, 6.07) is 0.235. The van der Waals surface area contributed by atoms with Crippen LogP contribution in [0.15, 0.2) is 0 Å². The maximum absolute atomic E-state index is 9.01. The Bertz CT molecular complexity index is 132. The molecule has 0 aromatic heterocycles. The fraction of sp³-hybridized carbons (Fsp3) is 1.00. The smallest absolute Gasteiger partial charge is 0.0593 e. The average Bonchev–Trinajstić information content (AvgIpc) is 2.48. The van der Waals surface area contributed by atoms with Gasteiger partial charge in [-0.15, -0.1) is 0 Å². The number of nitrogens with zero attached hydrogens (tertiary/aromatic N) is 1. The van der Waals surface area contributed by atoms with E-state index in [0.29, 0.717) is 0 Å². The molecule has 0 bridgehead atoms. The van der Waals surface area contributed by atoms with Gasteiger partial charge in [-0.2, -0.15) is 0 Å². The van der Waals surface area contributed by atoms with Gasteiger partial charge in [0.15, 0.2) is 0 Å². The van der Waals surface area contributed by atoms with Crippen molar-refractivity contribution in [1.29, 1.82) is 0 Å². The lowest BCUT2D eigenvalue weighted by molar-refractivity contribution is 0.139. The molecule has 1 unspecified atom stereocenters. The first kappa shape index (κ1) is 11.9. The number of rotatable bonds is 5. The number of likely N-dealkylation sites (N-methyl/N-ethyl adjacent to an activating group) is 1. The first-order valence-electron chi connectivity index (χ1n) is 5.45. The highest BCUT2D eigenvalue weighted by molar-refractivity contribution is 4.68. The SMILES string of the molecule is CNC(CO)CCN1CCCOCC1.